The maximum atomic E-state index is 11.9. The number of nitro benzene ring substituents is 2. The van der Waals surface area contributed by atoms with Crippen molar-refractivity contribution in [2.24, 2.45) is 11.5 Å². The molecule has 2 unspecified atom stereocenters. The molecular formula is C58H62N6O15. The maximum absolute atomic E-state index is 11.9. The lowest BCUT2D eigenvalue weighted by Gasteiger charge is -2.16. The molecule has 6 aromatic carbocycles. The topological polar surface area (TPSA) is 315 Å². The number of carboxylic acids is 2. The second kappa shape index (κ2) is 29.9. The van der Waals surface area contributed by atoms with Gasteiger partial charge in [-0.25, -0.2) is 4.79 Å². The first kappa shape index (κ1) is 60.7. The third-order valence-electron chi connectivity index (χ3n) is 13.0. The number of hydrogen-bond acceptors (Lipinski definition) is 16. The van der Waals surface area contributed by atoms with Gasteiger partial charge in [-0.05, 0) is 64.1 Å². The van der Waals surface area contributed by atoms with E-state index in [-0.39, 0.29) is 66.6 Å². The van der Waals surface area contributed by atoms with Gasteiger partial charge >= 0.3 is 18.1 Å². The average molecular weight is 1090 g/mol. The van der Waals surface area contributed by atoms with Crippen molar-refractivity contribution in [1.29, 1.82) is 0 Å². The Morgan fingerprint density at radius 1 is 0.595 bits per heavy atom. The minimum Gasteiger partial charge on any atom is -0.481 e. The van der Waals surface area contributed by atoms with Gasteiger partial charge in [0.2, 0.25) is 0 Å². The molecule has 6 aromatic rings. The van der Waals surface area contributed by atoms with Gasteiger partial charge < -0.3 is 36.1 Å². The van der Waals surface area contributed by atoms with E-state index in [0.717, 1.165) is 22.3 Å². The fraction of sp³-hybridized carbons (Fsp3) is 0.276. The Balaban J connectivity index is 0.000000190. The van der Waals surface area contributed by atoms with Gasteiger partial charge in [0.25, 0.3) is 29.7 Å². The number of amides is 2. The van der Waals surface area contributed by atoms with Crippen molar-refractivity contribution < 1.29 is 63.1 Å². The molecule has 0 aromatic heterocycles. The lowest BCUT2D eigenvalue weighted by Crippen LogP contribution is -2.32. The Labute approximate surface area is 455 Å². The number of hydroxylamine groups is 2. The summed E-state index contributed by atoms with van der Waals surface area (Å²) in [6.07, 6.45) is -1.61. The zero-order valence-electron chi connectivity index (χ0n) is 43.8. The van der Waals surface area contributed by atoms with Crippen LogP contribution in [0.2, 0.25) is 0 Å². The highest BCUT2D eigenvalue weighted by Crippen LogP contribution is 2.45. The van der Waals surface area contributed by atoms with Crippen LogP contribution in [0.3, 0.4) is 0 Å². The Morgan fingerprint density at radius 2 is 0.924 bits per heavy atom. The fourth-order valence-electron chi connectivity index (χ4n) is 9.13. The average Bonchev–Trinajstić information content (AvgIpc) is 4.15. The number of benzene rings is 6. The summed E-state index contributed by atoms with van der Waals surface area (Å²) in [5, 5.41) is 38.8. The number of ether oxygens (including phenoxy) is 2. The highest BCUT2D eigenvalue weighted by atomic mass is 16.8. The number of carboxylic acid groups (broad SMARTS) is 2. The lowest BCUT2D eigenvalue weighted by molar-refractivity contribution is -0.385. The summed E-state index contributed by atoms with van der Waals surface area (Å²) in [4.78, 5) is 93.2. The third-order valence-corrected chi connectivity index (χ3v) is 13.0. The summed E-state index contributed by atoms with van der Waals surface area (Å²) in [6, 6.07) is 42.5. The van der Waals surface area contributed by atoms with Crippen molar-refractivity contribution in [2.75, 3.05) is 32.8 Å². The zero-order valence-corrected chi connectivity index (χ0v) is 43.8. The molecule has 0 radical (unpaired) electrons. The summed E-state index contributed by atoms with van der Waals surface area (Å²) < 4.78 is 10.1. The van der Waals surface area contributed by atoms with Crippen LogP contribution in [-0.4, -0.2) is 99.3 Å². The number of nitrogens with two attached hydrogens (primary N) is 2. The molecule has 1 heterocycles. The van der Waals surface area contributed by atoms with Crippen LogP contribution in [-0.2, 0) is 38.3 Å². The molecule has 1 saturated heterocycles. The van der Waals surface area contributed by atoms with Crippen LogP contribution in [0, 0.1) is 20.2 Å². The van der Waals surface area contributed by atoms with Crippen molar-refractivity contribution >= 4 is 47.8 Å². The predicted molar refractivity (Wildman–Crippen MR) is 291 cm³/mol. The molecule has 79 heavy (non-hydrogen) atoms. The Hall–Kier alpha value is -9.18. The quantitative estimate of drug-likeness (QED) is 0.0165. The summed E-state index contributed by atoms with van der Waals surface area (Å²) in [6.45, 7) is 11.1. The van der Waals surface area contributed by atoms with Crippen LogP contribution in [0.1, 0.15) is 104 Å². The minimum atomic E-state index is -1.08. The molecule has 0 spiro atoms. The number of nitrogens with zero attached hydrogens (tertiary/aromatic N) is 4. The van der Waals surface area contributed by atoms with Crippen LogP contribution in [0.25, 0.3) is 22.3 Å². The summed E-state index contributed by atoms with van der Waals surface area (Å²) in [5.74, 6) is -3.16. The number of carbonyl (C=O) groups is 6. The van der Waals surface area contributed by atoms with E-state index in [1.807, 2.05) is 72.8 Å². The van der Waals surface area contributed by atoms with Gasteiger partial charge in [0.15, 0.2) is 0 Å². The number of carbonyl (C=O) groups excluding carboxylic acids is 4. The van der Waals surface area contributed by atoms with Crippen LogP contribution in [0.15, 0.2) is 146 Å². The van der Waals surface area contributed by atoms with E-state index < -0.39 is 51.8 Å². The number of para-hydroxylation sites is 2. The molecule has 1 aliphatic heterocycles. The molecule has 2 aliphatic carbocycles. The smallest absolute Gasteiger partial charge is 0.481 e. The van der Waals surface area contributed by atoms with Gasteiger partial charge in [0.1, 0.15) is 13.2 Å². The third kappa shape index (κ3) is 16.4. The van der Waals surface area contributed by atoms with Gasteiger partial charge in [-0.3, -0.25) is 49.0 Å². The Kier molecular flexibility index (Phi) is 23.0. The van der Waals surface area contributed by atoms with E-state index >= 15 is 0 Å². The first-order valence-corrected chi connectivity index (χ1v) is 25.2. The lowest BCUT2D eigenvalue weighted by atomic mass is 9.98. The van der Waals surface area contributed by atoms with Crippen molar-refractivity contribution in [2.45, 2.75) is 70.4 Å². The zero-order chi connectivity index (χ0) is 57.6. The summed E-state index contributed by atoms with van der Waals surface area (Å²) in [5.41, 5.74) is 20.7. The van der Waals surface area contributed by atoms with Crippen molar-refractivity contribution in [3.05, 3.63) is 199 Å². The molecule has 3 aliphatic rings. The van der Waals surface area contributed by atoms with Crippen LogP contribution in [0.5, 0.6) is 0 Å². The van der Waals surface area contributed by atoms with Gasteiger partial charge in [-0.1, -0.05) is 159 Å². The summed E-state index contributed by atoms with van der Waals surface area (Å²) in [7, 11) is 0. The molecule has 21 nitrogen and oxygen atoms in total. The van der Waals surface area contributed by atoms with Crippen molar-refractivity contribution in [3.8, 4) is 22.3 Å². The fourth-order valence-corrected chi connectivity index (χ4v) is 9.13. The number of imide groups is 1. The molecule has 0 saturated carbocycles. The maximum Gasteiger partial charge on any atom is 0.533 e. The second-order valence-corrected chi connectivity index (χ2v) is 17.8. The first-order valence-electron chi connectivity index (χ1n) is 25.2. The van der Waals surface area contributed by atoms with E-state index in [0.29, 0.717) is 18.1 Å². The number of nitro groups is 2. The van der Waals surface area contributed by atoms with Gasteiger partial charge in [-0.2, -0.15) is 0 Å². The molecular weight excluding hydrogens is 1020 g/mol. The molecule has 2 atom stereocenters. The number of rotatable bonds is 17. The predicted octanol–water partition coefficient (Wildman–Crippen LogP) is 9.47. The molecule has 2 amide bonds. The van der Waals surface area contributed by atoms with E-state index in [2.05, 4.69) is 49.9 Å². The minimum absolute atomic E-state index is 0.0511. The van der Waals surface area contributed by atoms with E-state index in [9.17, 15) is 49.0 Å². The molecule has 6 N–H and O–H groups in total. The van der Waals surface area contributed by atoms with E-state index in [4.69, 9.17) is 36.0 Å². The highest BCUT2D eigenvalue weighted by molar-refractivity contribution is 6.01. The largest absolute Gasteiger partial charge is 0.533 e. The normalized spacial score (nSPS) is 13.3. The monoisotopic (exact) mass is 1080 g/mol. The van der Waals surface area contributed by atoms with Crippen LogP contribution in [0.4, 0.5) is 16.2 Å². The van der Waals surface area contributed by atoms with E-state index in [1.54, 1.807) is 12.1 Å². The van der Waals surface area contributed by atoms with Crippen LogP contribution < -0.4 is 11.5 Å². The molecule has 1 fully saturated rings. The second-order valence-electron chi connectivity index (χ2n) is 17.8. The van der Waals surface area contributed by atoms with Crippen LogP contribution >= 0.6 is 0 Å². The number of fused-ring (bicyclic) bond motifs is 6. The Morgan fingerprint density at radius 3 is 1.24 bits per heavy atom. The van der Waals surface area contributed by atoms with Gasteiger partial charge in [0, 0.05) is 60.0 Å². The molecule has 0 bridgehead atoms. The van der Waals surface area contributed by atoms with E-state index in [1.165, 1.54) is 78.3 Å². The molecule has 9 rings (SSSR count). The SMILES string of the molecule is CCN(CC)CC.O=C(OCC1c2ccccc2-c2ccccc21)ON1C(=O)CCC1=O.O=COCC1c2ccccc2-c2ccccc21.[15NH2]C(CC(=O)O)c1ccccc1[N+](=O)[O-].[15NH2]C(CC(=O)O)c1ccccc1[N+](=O)[O-]. The Bertz CT molecular complexity index is 2920. The number of hydrogen-bond donors (Lipinski definition) is 4. The van der Waals surface area contributed by atoms with Gasteiger partial charge in [-0.15, -0.1) is 0 Å². The van der Waals surface area contributed by atoms with Gasteiger partial charge in [0.05, 0.1) is 22.7 Å². The van der Waals surface area contributed by atoms with Crippen molar-refractivity contribution in [1.82, 2.24) is 9.96 Å². The highest BCUT2D eigenvalue weighted by Gasteiger charge is 2.35. The summed E-state index contributed by atoms with van der Waals surface area (Å²) >= 11 is 0. The number of aliphatic carboxylic acids is 2. The molecule has 414 valence electrons. The standard InChI is InChI=1S/C19H15NO5.C15H12O2.2C9H10N2O4.C6H15N/c21-17-9-10-18(22)20(17)25-19(23)24-11-16-14-7-3-1-5-12(14)13-6-2-4-8-15(13)16;16-10-17-9-15-13-7-3-1-5-11(13)12-6-2-4-8-14(12)15;2*10-7(5-9(12)13)6-3-1-2-4-8(6)11(14)15;1-4-7(5-2)6-3/h1-8,16H,9-11H2;1-8,10,15H,9H2;2*1-4,7H,5,10H2,(H,12,13);4-6H2,1-3H3/i;;2*10+1;. The van der Waals surface area contributed by atoms with Crippen molar-refractivity contribution in [3.63, 3.8) is 0 Å². The first-order chi connectivity index (χ1) is 37.9. The molecule has 21 heteroatoms.